The highest BCUT2D eigenvalue weighted by molar-refractivity contribution is 7.82. The summed E-state index contributed by atoms with van der Waals surface area (Å²) in [6, 6.07) is 9.46. The first-order valence-electron chi connectivity index (χ1n) is 3.37. The van der Waals surface area contributed by atoms with Gasteiger partial charge in [0.15, 0.2) is 11.1 Å². The van der Waals surface area contributed by atoms with Crippen LogP contribution in [0.25, 0.3) is 10.1 Å². The zero-order valence-electron chi connectivity index (χ0n) is 6.06. The molecule has 1 aromatic carbocycles. The van der Waals surface area contributed by atoms with Gasteiger partial charge in [0, 0.05) is 4.70 Å². The molecule has 62 valence electrons. The summed E-state index contributed by atoms with van der Waals surface area (Å²) in [5, 5.41) is 1.03. The summed E-state index contributed by atoms with van der Waals surface area (Å²) in [5.41, 5.74) is 0. The van der Waals surface area contributed by atoms with Gasteiger partial charge in [-0.2, -0.15) is 0 Å². The van der Waals surface area contributed by atoms with Gasteiger partial charge in [0.25, 0.3) is 0 Å². The quantitative estimate of drug-likeness (QED) is 0.715. The van der Waals surface area contributed by atoms with E-state index in [1.165, 1.54) is 11.3 Å². The molecule has 1 N–H and O–H groups in total. The normalized spacial score (nSPS) is 13.4. The van der Waals surface area contributed by atoms with E-state index in [2.05, 4.69) is 0 Å². The van der Waals surface area contributed by atoms with Crippen molar-refractivity contribution in [2.75, 3.05) is 0 Å². The number of hydrogen-bond donors (Lipinski definition) is 1. The second-order valence-electron chi connectivity index (χ2n) is 2.35. The standard InChI is InChI=1S/C8H6O2S2/c9-12(10)8-5-6-3-1-2-4-7(6)11-8/h1-5H,(H,9,10). The lowest BCUT2D eigenvalue weighted by Gasteiger charge is -1.82. The first-order valence-corrected chi connectivity index (χ1v) is 5.29. The van der Waals surface area contributed by atoms with Crippen molar-refractivity contribution in [2.45, 2.75) is 4.21 Å². The van der Waals surface area contributed by atoms with E-state index in [0.29, 0.717) is 4.21 Å². The van der Waals surface area contributed by atoms with Crippen LogP contribution in [-0.2, 0) is 11.1 Å². The molecule has 0 spiro atoms. The average Bonchev–Trinajstić information content (AvgIpc) is 2.46. The maximum atomic E-state index is 10.7. The molecule has 0 amide bonds. The maximum Gasteiger partial charge on any atom is 0.196 e. The van der Waals surface area contributed by atoms with Crippen molar-refractivity contribution in [2.24, 2.45) is 0 Å². The molecule has 0 aliphatic rings. The van der Waals surface area contributed by atoms with Crippen LogP contribution in [0.5, 0.6) is 0 Å². The van der Waals surface area contributed by atoms with Crippen LogP contribution >= 0.6 is 11.3 Å². The summed E-state index contributed by atoms with van der Waals surface area (Å²) >= 11 is -0.488. The molecule has 1 heterocycles. The number of thiophene rings is 1. The summed E-state index contributed by atoms with van der Waals surface area (Å²) in [6.45, 7) is 0. The summed E-state index contributed by atoms with van der Waals surface area (Å²) in [7, 11) is 0. The molecule has 12 heavy (non-hydrogen) atoms. The van der Waals surface area contributed by atoms with Gasteiger partial charge in [-0.1, -0.05) is 18.2 Å². The Kier molecular flexibility index (Phi) is 1.96. The fourth-order valence-electron chi connectivity index (χ4n) is 1.04. The molecular weight excluding hydrogens is 192 g/mol. The molecule has 0 aliphatic carbocycles. The van der Waals surface area contributed by atoms with Crippen molar-refractivity contribution in [1.82, 2.24) is 0 Å². The van der Waals surface area contributed by atoms with Crippen LogP contribution in [0.3, 0.4) is 0 Å². The van der Waals surface area contributed by atoms with Crippen molar-refractivity contribution < 1.29 is 8.76 Å². The third-order valence-corrected chi connectivity index (χ3v) is 3.63. The van der Waals surface area contributed by atoms with Gasteiger partial charge in [-0.15, -0.1) is 11.3 Å². The highest BCUT2D eigenvalue weighted by Crippen LogP contribution is 2.26. The van der Waals surface area contributed by atoms with Crippen molar-refractivity contribution in [3.05, 3.63) is 30.3 Å². The van der Waals surface area contributed by atoms with Gasteiger partial charge >= 0.3 is 0 Å². The largest absolute Gasteiger partial charge is 0.302 e. The highest BCUT2D eigenvalue weighted by Gasteiger charge is 2.04. The zero-order valence-corrected chi connectivity index (χ0v) is 7.69. The number of rotatable bonds is 1. The van der Waals surface area contributed by atoms with Crippen LogP contribution in [0.2, 0.25) is 0 Å². The van der Waals surface area contributed by atoms with Crippen molar-refractivity contribution in [3.8, 4) is 0 Å². The number of fused-ring (bicyclic) bond motifs is 1. The summed E-state index contributed by atoms with van der Waals surface area (Å²) in [4.78, 5) is 0. The van der Waals surface area contributed by atoms with E-state index in [1.807, 2.05) is 24.3 Å². The molecule has 0 saturated carbocycles. The highest BCUT2D eigenvalue weighted by atomic mass is 32.2. The average molecular weight is 198 g/mol. The van der Waals surface area contributed by atoms with Gasteiger partial charge in [-0.25, -0.2) is 4.21 Å². The van der Waals surface area contributed by atoms with Crippen molar-refractivity contribution in [1.29, 1.82) is 0 Å². The van der Waals surface area contributed by atoms with Crippen molar-refractivity contribution >= 4 is 32.5 Å². The molecule has 1 atom stereocenters. The molecule has 2 rings (SSSR count). The van der Waals surface area contributed by atoms with Crippen LogP contribution in [0, 0.1) is 0 Å². The lowest BCUT2D eigenvalue weighted by molar-refractivity contribution is 0.566. The maximum absolute atomic E-state index is 10.7. The van der Waals surface area contributed by atoms with E-state index in [9.17, 15) is 4.21 Å². The minimum atomic E-state index is -1.84. The lowest BCUT2D eigenvalue weighted by Crippen LogP contribution is -1.79. The molecular formula is C8H6O2S2. The Morgan fingerprint density at radius 2 is 2.08 bits per heavy atom. The predicted molar refractivity (Wildman–Crippen MR) is 50.9 cm³/mol. The van der Waals surface area contributed by atoms with Gasteiger partial charge in [0.2, 0.25) is 0 Å². The fraction of sp³-hybridized carbons (Fsp3) is 0. The first kappa shape index (κ1) is 7.91. The molecule has 1 unspecified atom stereocenters. The Bertz CT molecular complexity index is 400. The summed E-state index contributed by atoms with van der Waals surface area (Å²) in [6.07, 6.45) is 0. The van der Waals surface area contributed by atoms with Gasteiger partial charge in [0.05, 0.1) is 0 Å². The molecule has 0 bridgehead atoms. The fourth-order valence-corrected chi connectivity index (χ4v) is 2.62. The molecule has 1 aromatic heterocycles. The summed E-state index contributed by atoms with van der Waals surface area (Å²) < 4.78 is 21.1. The Labute approximate surface area is 76.1 Å². The van der Waals surface area contributed by atoms with Crippen LogP contribution in [0.1, 0.15) is 0 Å². The Morgan fingerprint density at radius 1 is 1.33 bits per heavy atom. The predicted octanol–water partition coefficient (Wildman–Crippen LogP) is 2.48. The second kappa shape index (κ2) is 2.97. The minimum Gasteiger partial charge on any atom is -0.302 e. The Hall–Kier alpha value is -0.710. The van der Waals surface area contributed by atoms with Gasteiger partial charge < -0.3 is 4.55 Å². The molecule has 2 nitrogen and oxygen atoms in total. The van der Waals surface area contributed by atoms with Gasteiger partial charge in [-0.3, -0.25) is 0 Å². The van der Waals surface area contributed by atoms with Gasteiger partial charge in [-0.05, 0) is 17.5 Å². The molecule has 0 aliphatic heterocycles. The van der Waals surface area contributed by atoms with Crippen LogP contribution < -0.4 is 0 Å². The third-order valence-electron chi connectivity index (χ3n) is 1.58. The van der Waals surface area contributed by atoms with Crippen LogP contribution in [0.4, 0.5) is 0 Å². The van der Waals surface area contributed by atoms with E-state index in [0.717, 1.165) is 10.1 Å². The Morgan fingerprint density at radius 3 is 2.75 bits per heavy atom. The van der Waals surface area contributed by atoms with E-state index in [-0.39, 0.29) is 0 Å². The second-order valence-corrected chi connectivity index (χ2v) is 4.63. The molecule has 2 aromatic rings. The molecule has 4 heteroatoms. The van der Waals surface area contributed by atoms with E-state index in [4.69, 9.17) is 4.55 Å². The first-order chi connectivity index (χ1) is 5.77. The number of benzene rings is 1. The van der Waals surface area contributed by atoms with Crippen molar-refractivity contribution in [3.63, 3.8) is 0 Å². The van der Waals surface area contributed by atoms with Crippen LogP contribution in [-0.4, -0.2) is 8.76 Å². The topological polar surface area (TPSA) is 37.3 Å². The van der Waals surface area contributed by atoms with Crippen LogP contribution in [0.15, 0.2) is 34.5 Å². The molecule has 0 fully saturated rings. The number of hydrogen-bond acceptors (Lipinski definition) is 2. The lowest BCUT2D eigenvalue weighted by atomic mass is 10.3. The minimum absolute atomic E-state index is 0.510. The van der Waals surface area contributed by atoms with E-state index < -0.39 is 11.1 Å². The van der Waals surface area contributed by atoms with Gasteiger partial charge in [0.1, 0.15) is 4.21 Å². The Balaban J connectivity index is 2.70. The SMILES string of the molecule is O=S(O)c1cc2ccccc2s1. The zero-order chi connectivity index (χ0) is 8.55. The smallest absolute Gasteiger partial charge is 0.196 e. The van der Waals surface area contributed by atoms with E-state index in [1.54, 1.807) is 6.07 Å². The monoisotopic (exact) mass is 198 g/mol. The molecule has 0 radical (unpaired) electrons. The molecule has 0 saturated heterocycles. The summed E-state index contributed by atoms with van der Waals surface area (Å²) in [5.74, 6) is 0. The third kappa shape index (κ3) is 1.29. The van der Waals surface area contributed by atoms with E-state index >= 15 is 0 Å².